The van der Waals surface area contributed by atoms with Crippen molar-refractivity contribution < 1.29 is 19.4 Å². The van der Waals surface area contributed by atoms with E-state index < -0.39 is 5.97 Å². The molecule has 0 saturated heterocycles. The van der Waals surface area contributed by atoms with Gasteiger partial charge in [0.1, 0.15) is 5.75 Å². The molecule has 0 atom stereocenters. The van der Waals surface area contributed by atoms with E-state index in [9.17, 15) is 9.90 Å². The Bertz CT molecular complexity index is 593. The van der Waals surface area contributed by atoms with Crippen molar-refractivity contribution in [1.29, 1.82) is 0 Å². The van der Waals surface area contributed by atoms with Crippen molar-refractivity contribution in [2.24, 2.45) is 0 Å². The molecule has 0 aliphatic carbocycles. The van der Waals surface area contributed by atoms with E-state index in [0.717, 1.165) is 11.3 Å². The predicted molar refractivity (Wildman–Crippen MR) is 75.1 cm³/mol. The van der Waals surface area contributed by atoms with Crippen molar-refractivity contribution in [3.05, 3.63) is 54.1 Å². The lowest BCUT2D eigenvalue weighted by atomic mass is 10.1. The summed E-state index contributed by atoms with van der Waals surface area (Å²) in [5, 5.41) is 9.53. The van der Waals surface area contributed by atoms with E-state index in [-0.39, 0.29) is 17.9 Å². The van der Waals surface area contributed by atoms with E-state index >= 15 is 0 Å². The summed E-state index contributed by atoms with van der Waals surface area (Å²) in [4.78, 5) is 11.8. The minimum Gasteiger partial charge on any atom is -0.504 e. The quantitative estimate of drug-likeness (QED) is 0.671. The van der Waals surface area contributed by atoms with Crippen LogP contribution in [-0.2, 0) is 11.2 Å². The van der Waals surface area contributed by atoms with Gasteiger partial charge in [0.05, 0.1) is 13.5 Å². The minimum absolute atomic E-state index is 0.0434. The second-order valence-electron chi connectivity index (χ2n) is 4.25. The third kappa shape index (κ3) is 3.51. The Morgan fingerprint density at radius 2 is 1.70 bits per heavy atom. The van der Waals surface area contributed by atoms with Gasteiger partial charge in [0.25, 0.3) is 0 Å². The number of methoxy groups -OCH3 is 1. The van der Waals surface area contributed by atoms with Crippen LogP contribution in [0.2, 0.25) is 0 Å². The van der Waals surface area contributed by atoms with Crippen LogP contribution in [0.1, 0.15) is 12.0 Å². The monoisotopic (exact) mass is 272 g/mol. The summed E-state index contributed by atoms with van der Waals surface area (Å²) in [6.45, 7) is 0. The molecule has 0 spiro atoms. The van der Waals surface area contributed by atoms with Crippen molar-refractivity contribution in [2.45, 2.75) is 12.8 Å². The smallest absolute Gasteiger partial charge is 0.311 e. The van der Waals surface area contributed by atoms with Gasteiger partial charge >= 0.3 is 5.97 Å². The van der Waals surface area contributed by atoms with Crippen LogP contribution in [0, 0.1) is 0 Å². The molecule has 0 unspecified atom stereocenters. The minimum atomic E-state index is -0.391. The summed E-state index contributed by atoms with van der Waals surface area (Å²) in [5.74, 6) is 0.496. The summed E-state index contributed by atoms with van der Waals surface area (Å²) in [6, 6.07) is 13.9. The summed E-state index contributed by atoms with van der Waals surface area (Å²) in [5.41, 5.74) is 0.948. The molecule has 0 aliphatic heterocycles. The van der Waals surface area contributed by atoms with Gasteiger partial charge in [-0.3, -0.25) is 4.79 Å². The average Bonchev–Trinajstić information content (AvgIpc) is 2.48. The van der Waals surface area contributed by atoms with Crippen LogP contribution in [0.3, 0.4) is 0 Å². The maximum atomic E-state index is 11.8. The summed E-state index contributed by atoms with van der Waals surface area (Å²) >= 11 is 0. The molecule has 0 bridgehead atoms. The van der Waals surface area contributed by atoms with Crippen molar-refractivity contribution in [2.75, 3.05) is 7.11 Å². The number of aromatic hydroxyl groups is 1. The Morgan fingerprint density at radius 1 is 1.05 bits per heavy atom. The maximum absolute atomic E-state index is 11.8. The van der Waals surface area contributed by atoms with Gasteiger partial charge in [-0.25, -0.2) is 0 Å². The molecule has 0 amide bonds. The standard InChI is InChI=1S/C16H16O4/c1-19-14-8-4-2-6-12(14)10-11-16(18)20-15-9-5-3-7-13(15)17/h2-9,17H,10-11H2,1H3. The molecular weight excluding hydrogens is 256 g/mol. The molecule has 4 heteroatoms. The van der Waals surface area contributed by atoms with E-state index in [2.05, 4.69) is 0 Å². The number of hydrogen-bond donors (Lipinski definition) is 1. The number of esters is 1. The Morgan fingerprint density at radius 3 is 2.40 bits per heavy atom. The highest BCUT2D eigenvalue weighted by atomic mass is 16.5. The Hall–Kier alpha value is -2.49. The lowest BCUT2D eigenvalue weighted by Gasteiger charge is -2.08. The van der Waals surface area contributed by atoms with Crippen molar-refractivity contribution >= 4 is 5.97 Å². The van der Waals surface area contributed by atoms with Crippen molar-refractivity contribution in [1.82, 2.24) is 0 Å². The Kier molecular flexibility index (Phi) is 4.60. The van der Waals surface area contributed by atoms with Crippen LogP contribution in [-0.4, -0.2) is 18.2 Å². The lowest BCUT2D eigenvalue weighted by molar-refractivity contribution is -0.134. The fourth-order valence-electron chi connectivity index (χ4n) is 1.86. The fraction of sp³-hybridized carbons (Fsp3) is 0.188. The second-order valence-corrected chi connectivity index (χ2v) is 4.25. The van der Waals surface area contributed by atoms with Crippen LogP contribution in [0.4, 0.5) is 0 Å². The maximum Gasteiger partial charge on any atom is 0.311 e. The third-order valence-electron chi connectivity index (χ3n) is 2.88. The number of phenols is 1. The molecular formula is C16H16O4. The molecule has 0 saturated carbocycles. The molecule has 0 aliphatic rings. The zero-order valence-electron chi connectivity index (χ0n) is 11.2. The molecule has 2 aromatic carbocycles. The highest BCUT2D eigenvalue weighted by Crippen LogP contribution is 2.25. The fourth-order valence-corrected chi connectivity index (χ4v) is 1.86. The molecule has 2 aromatic rings. The lowest BCUT2D eigenvalue weighted by Crippen LogP contribution is -2.09. The number of carbonyl (C=O) groups is 1. The van der Waals surface area contributed by atoms with Gasteiger partial charge in [-0.1, -0.05) is 30.3 Å². The third-order valence-corrected chi connectivity index (χ3v) is 2.88. The Labute approximate surface area is 117 Å². The number of para-hydroxylation sites is 3. The molecule has 1 N–H and O–H groups in total. The van der Waals surface area contributed by atoms with Crippen LogP contribution >= 0.6 is 0 Å². The number of aryl methyl sites for hydroxylation is 1. The molecule has 0 fully saturated rings. The largest absolute Gasteiger partial charge is 0.504 e. The van der Waals surface area contributed by atoms with E-state index in [0.29, 0.717) is 6.42 Å². The van der Waals surface area contributed by atoms with Gasteiger partial charge in [-0.2, -0.15) is 0 Å². The topological polar surface area (TPSA) is 55.8 Å². The van der Waals surface area contributed by atoms with Gasteiger partial charge < -0.3 is 14.6 Å². The molecule has 0 radical (unpaired) electrons. The first-order valence-corrected chi connectivity index (χ1v) is 6.31. The van der Waals surface area contributed by atoms with E-state index in [4.69, 9.17) is 9.47 Å². The van der Waals surface area contributed by atoms with E-state index in [1.807, 2.05) is 24.3 Å². The molecule has 4 nitrogen and oxygen atoms in total. The van der Waals surface area contributed by atoms with Gasteiger partial charge in [-0.05, 0) is 30.2 Å². The molecule has 104 valence electrons. The van der Waals surface area contributed by atoms with Crippen LogP contribution in [0.15, 0.2) is 48.5 Å². The molecule has 0 aromatic heterocycles. The van der Waals surface area contributed by atoms with E-state index in [1.54, 1.807) is 25.3 Å². The SMILES string of the molecule is COc1ccccc1CCC(=O)Oc1ccccc1O. The number of phenolic OH excluding ortho intramolecular Hbond substituents is 1. The first-order chi connectivity index (χ1) is 9.70. The zero-order valence-corrected chi connectivity index (χ0v) is 11.2. The molecule has 0 heterocycles. The van der Waals surface area contributed by atoms with Crippen LogP contribution < -0.4 is 9.47 Å². The Balaban J connectivity index is 1.94. The average molecular weight is 272 g/mol. The van der Waals surface area contributed by atoms with Gasteiger partial charge in [0.15, 0.2) is 11.5 Å². The second kappa shape index (κ2) is 6.61. The summed E-state index contributed by atoms with van der Waals surface area (Å²) in [6.07, 6.45) is 0.741. The van der Waals surface area contributed by atoms with Gasteiger partial charge in [-0.15, -0.1) is 0 Å². The molecule has 20 heavy (non-hydrogen) atoms. The predicted octanol–water partition coefficient (Wildman–Crippen LogP) is 2.94. The van der Waals surface area contributed by atoms with E-state index in [1.165, 1.54) is 6.07 Å². The van der Waals surface area contributed by atoms with Crippen LogP contribution in [0.25, 0.3) is 0 Å². The number of benzene rings is 2. The molecule has 2 rings (SSSR count). The number of ether oxygens (including phenoxy) is 2. The first kappa shape index (κ1) is 13.9. The summed E-state index contributed by atoms with van der Waals surface area (Å²) in [7, 11) is 1.60. The first-order valence-electron chi connectivity index (χ1n) is 6.31. The normalized spacial score (nSPS) is 10.1. The van der Waals surface area contributed by atoms with Gasteiger partial charge in [0, 0.05) is 0 Å². The number of hydrogen-bond acceptors (Lipinski definition) is 4. The zero-order chi connectivity index (χ0) is 14.4. The number of rotatable bonds is 5. The highest BCUT2D eigenvalue weighted by molar-refractivity contribution is 5.73. The highest BCUT2D eigenvalue weighted by Gasteiger charge is 2.10. The van der Waals surface area contributed by atoms with Crippen molar-refractivity contribution in [3.63, 3.8) is 0 Å². The van der Waals surface area contributed by atoms with Gasteiger partial charge in [0.2, 0.25) is 0 Å². The summed E-state index contributed by atoms with van der Waals surface area (Å²) < 4.78 is 10.3. The number of carbonyl (C=O) groups excluding carboxylic acids is 1. The van der Waals surface area contributed by atoms with Crippen molar-refractivity contribution in [3.8, 4) is 17.2 Å². The van der Waals surface area contributed by atoms with Crippen LogP contribution in [0.5, 0.6) is 17.2 Å².